The van der Waals surface area contributed by atoms with Crippen LogP contribution in [0.5, 0.6) is 0 Å². The summed E-state index contributed by atoms with van der Waals surface area (Å²) in [6.45, 7) is 11.6. The quantitative estimate of drug-likeness (QED) is 0.489. The van der Waals surface area contributed by atoms with Crippen LogP contribution >= 0.6 is 0 Å². The zero-order valence-electron chi connectivity index (χ0n) is 12.3. The van der Waals surface area contributed by atoms with Crippen LogP contribution in [0.4, 0.5) is 0 Å². The van der Waals surface area contributed by atoms with E-state index in [9.17, 15) is 5.11 Å². The van der Waals surface area contributed by atoms with E-state index < -0.39 is 5.60 Å². The molecule has 0 aliphatic carbocycles. The Morgan fingerprint density at radius 3 is 2.17 bits per heavy atom. The second kappa shape index (κ2) is 12.3. The molecule has 0 rings (SSSR count). The Hall–Kier alpha value is 0.236. The topological polar surface area (TPSA) is 23.1 Å². The third-order valence-corrected chi connectivity index (χ3v) is 2.66. The van der Waals surface area contributed by atoms with Crippen molar-refractivity contribution in [2.75, 3.05) is 0 Å². The van der Waals surface area contributed by atoms with E-state index in [0.29, 0.717) is 6.42 Å². The van der Waals surface area contributed by atoms with Crippen LogP contribution in [-0.4, -0.2) is 28.7 Å². The number of halogens is 1. The summed E-state index contributed by atoms with van der Waals surface area (Å²) in [4.78, 5) is 0. The van der Waals surface area contributed by atoms with Gasteiger partial charge in [-0.15, -0.1) is 12.7 Å². The van der Waals surface area contributed by atoms with Crippen molar-refractivity contribution >= 4 is 23.1 Å². The second-order valence-electron chi connectivity index (χ2n) is 4.93. The largest absolute Gasteiger partial charge is 2.00 e. The summed E-state index contributed by atoms with van der Waals surface area (Å²) in [7, 11) is 0. The van der Waals surface area contributed by atoms with Crippen LogP contribution in [0, 0.1) is 0 Å². The normalized spacial score (nSPS) is 13.7. The van der Waals surface area contributed by atoms with Gasteiger partial charge in [-0.1, -0.05) is 42.2 Å². The molecule has 0 aromatic carbocycles. The van der Waals surface area contributed by atoms with Crippen LogP contribution < -0.4 is 17.5 Å². The van der Waals surface area contributed by atoms with Gasteiger partial charge >= 0.3 is 23.1 Å². The molecule has 0 aromatic heterocycles. The van der Waals surface area contributed by atoms with E-state index in [2.05, 4.69) is 39.5 Å². The van der Waals surface area contributed by atoms with Crippen LogP contribution in [0.15, 0.2) is 36.0 Å². The molecule has 18 heavy (non-hydrogen) atoms. The number of allylic oxidation sites excluding steroid dienone is 4. The number of hydrogen-bond donors (Lipinski definition) is 0. The van der Waals surface area contributed by atoms with Crippen molar-refractivity contribution in [1.82, 2.24) is 0 Å². The van der Waals surface area contributed by atoms with Crippen molar-refractivity contribution in [3.05, 3.63) is 36.0 Å². The van der Waals surface area contributed by atoms with Crippen LogP contribution in [0.1, 0.15) is 53.4 Å². The molecule has 0 bridgehead atoms. The Kier molecular flexibility index (Phi) is 15.9. The molecule has 1 nitrogen and oxygen atoms in total. The molecule has 0 heterocycles. The average Bonchev–Trinajstić information content (AvgIpc) is 2.17. The standard InChI is InChI=1S/C15H25O.ClH.Mg/c1-6-15(5,16)12-8-11-14(4)10-7-9-13(2)3;;/h6,9,11H,1,7-8,10,12H2,2-5H3;1H;/q-1;;+2/p-1/b14-11+;;. The summed E-state index contributed by atoms with van der Waals surface area (Å²) in [5, 5.41) is 11.6. The minimum atomic E-state index is -0.976. The first-order valence-electron chi connectivity index (χ1n) is 6.00. The van der Waals surface area contributed by atoms with Gasteiger partial charge in [-0.25, -0.2) is 0 Å². The van der Waals surface area contributed by atoms with Gasteiger partial charge in [0.1, 0.15) is 0 Å². The zero-order valence-corrected chi connectivity index (χ0v) is 14.4. The van der Waals surface area contributed by atoms with E-state index in [0.717, 1.165) is 19.3 Å². The second-order valence-corrected chi connectivity index (χ2v) is 4.93. The molecule has 0 amide bonds. The summed E-state index contributed by atoms with van der Waals surface area (Å²) >= 11 is 0. The van der Waals surface area contributed by atoms with E-state index >= 15 is 0 Å². The Balaban J connectivity index is -0.00000112. The smallest absolute Gasteiger partial charge is 1.00 e. The molecule has 100 valence electrons. The number of hydrogen-bond acceptors (Lipinski definition) is 1. The summed E-state index contributed by atoms with van der Waals surface area (Å²) < 4.78 is 0. The first-order valence-corrected chi connectivity index (χ1v) is 6.00. The Labute approximate surface area is 135 Å². The molecule has 0 saturated heterocycles. The van der Waals surface area contributed by atoms with E-state index in [1.807, 2.05) is 0 Å². The molecule has 0 spiro atoms. The molecule has 1 unspecified atom stereocenters. The molecule has 0 aromatic rings. The molecule has 0 fully saturated rings. The van der Waals surface area contributed by atoms with Crippen molar-refractivity contribution in [3.8, 4) is 0 Å². The predicted octanol–water partition coefficient (Wildman–Crippen LogP) is 0.388. The summed E-state index contributed by atoms with van der Waals surface area (Å²) in [6, 6.07) is 0. The molecule has 0 radical (unpaired) electrons. The van der Waals surface area contributed by atoms with Gasteiger partial charge < -0.3 is 17.5 Å². The third kappa shape index (κ3) is 14.3. The van der Waals surface area contributed by atoms with Crippen molar-refractivity contribution in [1.29, 1.82) is 0 Å². The fraction of sp³-hybridized carbons (Fsp3) is 0.600. The molecule has 1 atom stereocenters. The molecular formula is C15H25ClMgO. The SMILES string of the molecule is C=CC(C)([O-])CC/C=C(\C)CCC=C(C)C.[Cl-].[Mg+2]. The molecule has 0 N–H and O–H groups in total. The molecule has 0 aliphatic heterocycles. The average molecular weight is 281 g/mol. The molecule has 0 aliphatic rings. The third-order valence-electron chi connectivity index (χ3n) is 2.66. The fourth-order valence-electron chi connectivity index (χ4n) is 1.40. The maximum atomic E-state index is 11.6. The van der Waals surface area contributed by atoms with Gasteiger partial charge in [-0.3, -0.25) is 0 Å². The van der Waals surface area contributed by atoms with Crippen molar-refractivity contribution < 1.29 is 17.5 Å². The van der Waals surface area contributed by atoms with Crippen LogP contribution in [0.25, 0.3) is 0 Å². The van der Waals surface area contributed by atoms with E-state index in [-0.39, 0.29) is 35.5 Å². The minimum absolute atomic E-state index is 0. The van der Waals surface area contributed by atoms with E-state index in [4.69, 9.17) is 0 Å². The van der Waals surface area contributed by atoms with Gasteiger partial charge in [0, 0.05) is 0 Å². The van der Waals surface area contributed by atoms with Crippen molar-refractivity contribution in [3.63, 3.8) is 0 Å². The van der Waals surface area contributed by atoms with Gasteiger partial charge in [0.15, 0.2) is 0 Å². The molecule has 0 saturated carbocycles. The maximum Gasteiger partial charge on any atom is 2.00 e. The first-order chi connectivity index (χ1) is 7.37. The van der Waals surface area contributed by atoms with E-state index in [1.54, 1.807) is 6.92 Å². The Morgan fingerprint density at radius 1 is 1.17 bits per heavy atom. The summed E-state index contributed by atoms with van der Waals surface area (Å²) in [5.41, 5.74) is 1.76. The first kappa shape index (κ1) is 23.3. The zero-order chi connectivity index (χ0) is 12.6. The van der Waals surface area contributed by atoms with Crippen LogP contribution in [-0.2, 0) is 0 Å². The summed E-state index contributed by atoms with van der Waals surface area (Å²) in [6.07, 6.45) is 9.61. The van der Waals surface area contributed by atoms with Gasteiger partial charge in [0.2, 0.25) is 0 Å². The Morgan fingerprint density at radius 2 is 1.72 bits per heavy atom. The van der Waals surface area contributed by atoms with Crippen molar-refractivity contribution in [2.45, 2.75) is 59.0 Å². The van der Waals surface area contributed by atoms with E-state index in [1.165, 1.54) is 17.2 Å². The monoisotopic (exact) mass is 280 g/mol. The van der Waals surface area contributed by atoms with Gasteiger partial charge in [-0.05, 0) is 40.0 Å². The van der Waals surface area contributed by atoms with Crippen LogP contribution in [0.2, 0.25) is 0 Å². The van der Waals surface area contributed by atoms with Crippen LogP contribution in [0.3, 0.4) is 0 Å². The minimum Gasteiger partial charge on any atom is -1.00 e. The maximum absolute atomic E-state index is 11.6. The summed E-state index contributed by atoms with van der Waals surface area (Å²) in [5.74, 6) is 0. The predicted molar refractivity (Wildman–Crippen MR) is 76.0 cm³/mol. The van der Waals surface area contributed by atoms with Gasteiger partial charge in [0.25, 0.3) is 0 Å². The Bertz CT molecular complexity index is 276. The van der Waals surface area contributed by atoms with Gasteiger partial charge in [0.05, 0.1) is 0 Å². The van der Waals surface area contributed by atoms with Crippen molar-refractivity contribution in [2.24, 2.45) is 0 Å². The van der Waals surface area contributed by atoms with Gasteiger partial charge in [-0.2, -0.15) is 0 Å². The molecular weight excluding hydrogens is 256 g/mol. The fourth-order valence-corrected chi connectivity index (χ4v) is 1.40. The molecule has 3 heteroatoms. The number of rotatable bonds is 7.